The molecule has 3 heteroatoms. The minimum atomic E-state index is 0.240. The third kappa shape index (κ3) is 2.34. The predicted molar refractivity (Wildman–Crippen MR) is 49.9 cm³/mol. The fourth-order valence-corrected chi connectivity index (χ4v) is 1.32. The van der Waals surface area contributed by atoms with Gasteiger partial charge in [0.1, 0.15) is 0 Å². The average Bonchev–Trinajstić information content (AvgIpc) is 2.34. The van der Waals surface area contributed by atoms with Gasteiger partial charge in [-0.2, -0.15) is 5.10 Å². The van der Waals surface area contributed by atoms with Crippen molar-refractivity contribution in [2.75, 3.05) is 0 Å². The molecule has 12 heavy (non-hydrogen) atoms. The SMILES string of the molecule is Cc1ccn(C(C)CC(C)N)n1. The van der Waals surface area contributed by atoms with Crippen LogP contribution in [0.4, 0.5) is 0 Å². The number of aryl methyl sites for hydroxylation is 1. The van der Waals surface area contributed by atoms with E-state index in [1.807, 2.05) is 30.8 Å². The molecule has 0 aliphatic heterocycles. The second-order valence-corrected chi connectivity index (χ2v) is 3.50. The Morgan fingerprint density at radius 1 is 1.58 bits per heavy atom. The van der Waals surface area contributed by atoms with E-state index in [2.05, 4.69) is 12.0 Å². The van der Waals surface area contributed by atoms with Gasteiger partial charge in [0.25, 0.3) is 0 Å². The molecule has 68 valence electrons. The molecule has 0 fully saturated rings. The van der Waals surface area contributed by atoms with E-state index in [9.17, 15) is 0 Å². The zero-order chi connectivity index (χ0) is 9.14. The van der Waals surface area contributed by atoms with E-state index < -0.39 is 0 Å². The highest BCUT2D eigenvalue weighted by Crippen LogP contribution is 2.10. The van der Waals surface area contributed by atoms with Crippen LogP contribution in [0, 0.1) is 6.92 Å². The summed E-state index contributed by atoms with van der Waals surface area (Å²) >= 11 is 0. The van der Waals surface area contributed by atoms with E-state index in [1.165, 1.54) is 0 Å². The fourth-order valence-electron chi connectivity index (χ4n) is 1.32. The second-order valence-electron chi connectivity index (χ2n) is 3.50. The van der Waals surface area contributed by atoms with Gasteiger partial charge in [0, 0.05) is 12.2 Å². The van der Waals surface area contributed by atoms with Crippen LogP contribution in [0.3, 0.4) is 0 Å². The number of hydrogen-bond acceptors (Lipinski definition) is 2. The Morgan fingerprint density at radius 2 is 2.25 bits per heavy atom. The van der Waals surface area contributed by atoms with Crippen molar-refractivity contribution in [1.29, 1.82) is 0 Å². The first-order chi connectivity index (χ1) is 5.59. The minimum Gasteiger partial charge on any atom is -0.328 e. The number of aromatic nitrogens is 2. The molecule has 1 aromatic heterocycles. The molecule has 2 unspecified atom stereocenters. The molecule has 3 nitrogen and oxygen atoms in total. The highest BCUT2D eigenvalue weighted by molar-refractivity contribution is 4.95. The Balaban J connectivity index is 2.58. The van der Waals surface area contributed by atoms with Crippen LogP contribution in [0.2, 0.25) is 0 Å². The molecular formula is C9H17N3. The third-order valence-electron chi connectivity index (χ3n) is 1.91. The van der Waals surface area contributed by atoms with Crippen LogP contribution in [0.5, 0.6) is 0 Å². The highest BCUT2D eigenvalue weighted by Gasteiger charge is 2.07. The summed E-state index contributed by atoms with van der Waals surface area (Å²) in [5, 5.41) is 4.32. The van der Waals surface area contributed by atoms with E-state index >= 15 is 0 Å². The quantitative estimate of drug-likeness (QED) is 0.741. The molecule has 0 saturated heterocycles. The van der Waals surface area contributed by atoms with Crippen LogP contribution < -0.4 is 5.73 Å². The van der Waals surface area contributed by atoms with Crippen LogP contribution in [-0.4, -0.2) is 15.8 Å². The van der Waals surface area contributed by atoms with E-state index in [-0.39, 0.29) is 6.04 Å². The molecule has 2 N–H and O–H groups in total. The van der Waals surface area contributed by atoms with Crippen molar-refractivity contribution in [3.8, 4) is 0 Å². The van der Waals surface area contributed by atoms with Gasteiger partial charge < -0.3 is 5.73 Å². The van der Waals surface area contributed by atoms with Crippen molar-refractivity contribution >= 4 is 0 Å². The molecule has 0 aliphatic rings. The zero-order valence-corrected chi connectivity index (χ0v) is 7.99. The maximum absolute atomic E-state index is 5.70. The lowest BCUT2D eigenvalue weighted by molar-refractivity contribution is 0.427. The minimum absolute atomic E-state index is 0.240. The molecule has 0 aromatic carbocycles. The van der Waals surface area contributed by atoms with Crippen molar-refractivity contribution in [3.05, 3.63) is 18.0 Å². The molecule has 0 amide bonds. The Hall–Kier alpha value is -0.830. The first-order valence-electron chi connectivity index (χ1n) is 4.37. The summed E-state index contributed by atoms with van der Waals surface area (Å²) in [5.41, 5.74) is 6.76. The number of rotatable bonds is 3. The van der Waals surface area contributed by atoms with Gasteiger partial charge in [0.05, 0.1) is 11.7 Å². The van der Waals surface area contributed by atoms with E-state index in [0.29, 0.717) is 6.04 Å². The molecule has 0 bridgehead atoms. The summed E-state index contributed by atoms with van der Waals surface area (Å²) in [5.74, 6) is 0. The third-order valence-corrected chi connectivity index (χ3v) is 1.91. The van der Waals surface area contributed by atoms with Gasteiger partial charge >= 0.3 is 0 Å². The molecule has 0 radical (unpaired) electrons. The number of hydrogen-bond donors (Lipinski definition) is 1. The van der Waals surface area contributed by atoms with Crippen LogP contribution in [0.1, 0.15) is 32.0 Å². The largest absolute Gasteiger partial charge is 0.328 e. The first-order valence-corrected chi connectivity index (χ1v) is 4.37. The van der Waals surface area contributed by atoms with Gasteiger partial charge in [0.15, 0.2) is 0 Å². The molecule has 1 rings (SSSR count). The number of nitrogens with zero attached hydrogens (tertiary/aromatic N) is 2. The smallest absolute Gasteiger partial charge is 0.0593 e. The van der Waals surface area contributed by atoms with E-state index in [0.717, 1.165) is 12.1 Å². The van der Waals surface area contributed by atoms with Crippen molar-refractivity contribution in [3.63, 3.8) is 0 Å². The molecule has 1 aromatic rings. The van der Waals surface area contributed by atoms with Gasteiger partial charge in [-0.1, -0.05) is 0 Å². The maximum atomic E-state index is 5.70. The molecular weight excluding hydrogens is 150 g/mol. The lowest BCUT2D eigenvalue weighted by Crippen LogP contribution is -2.20. The summed E-state index contributed by atoms with van der Waals surface area (Å²) in [6.07, 6.45) is 2.98. The summed E-state index contributed by atoms with van der Waals surface area (Å²) in [6, 6.07) is 2.65. The van der Waals surface area contributed by atoms with E-state index in [4.69, 9.17) is 5.73 Å². The Labute approximate surface area is 73.6 Å². The van der Waals surface area contributed by atoms with Gasteiger partial charge in [-0.15, -0.1) is 0 Å². The average molecular weight is 167 g/mol. The topological polar surface area (TPSA) is 43.8 Å². The van der Waals surface area contributed by atoms with Gasteiger partial charge in [0.2, 0.25) is 0 Å². The molecule has 1 heterocycles. The van der Waals surface area contributed by atoms with Crippen LogP contribution in [0.15, 0.2) is 12.3 Å². The van der Waals surface area contributed by atoms with Crippen molar-refractivity contribution in [1.82, 2.24) is 9.78 Å². The van der Waals surface area contributed by atoms with Crippen molar-refractivity contribution in [2.24, 2.45) is 5.73 Å². The van der Waals surface area contributed by atoms with Gasteiger partial charge in [-0.05, 0) is 33.3 Å². The van der Waals surface area contributed by atoms with Gasteiger partial charge in [-0.3, -0.25) is 4.68 Å². The first kappa shape index (κ1) is 9.26. The summed E-state index contributed by atoms with van der Waals surface area (Å²) in [6.45, 7) is 6.15. The monoisotopic (exact) mass is 167 g/mol. The molecule has 2 atom stereocenters. The second kappa shape index (κ2) is 3.72. The number of nitrogens with two attached hydrogens (primary N) is 1. The summed E-state index contributed by atoms with van der Waals surface area (Å²) in [7, 11) is 0. The van der Waals surface area contributed by atoms with Crippen LogP contribution >= 0.6 is 0 Å². The fraction of sp³-hybridized carbons (Fsp3) is 0.667. The molecule has 0 saturated carbocycles. The standard InChI is InChI=1S/C9H17N3/c1-7(10)6-9(3)12-5-4-8(2)11-12/h4-5,7,9H,6,10H2,1-3H3. The lowest BCUT2D eigenvalue weighted by Gasteiger charge is -2.14. The lowest BCUT2D eigenvalue weighted by atomic mass is 10.1. The van der Waals surface area contributed by atoms with E-state index in [1.54, 1.807) is 0 Å². The van der Waals surface area contributed by atoms with Crippen LogP contribution in [-0.2, 0) is 0 Å². The maximum Gasteiger partial charge on any atom is 0.0593 e. The normalized spacial score (nSPS) is 16.0. The van der Waals surface area contributed by atoms with Gasteiger partial charge in [-0.25, -0.2) is 0 Å². The predicted octanol–water partition coefficient (Wildman–Crippen LogP) is 1.49. The van der Waals surface area contributed by atoms with Crippen molar-refractivity contribution < 1.29 is 0 Å². The Kier molecular flexibility index (Phi) is 2.87. The summed E-state index contributed by atoms with van der Waals surface area (Å²) < 4.78 is 1.97. The Morgan fingerprint density at radius 3 is 2.67 bits per heavy atom. The molecule has 0 aliphatic carbocycles. The van der Waals surface area contributed by atoms with Crippen LogP contribution in [0.25, 0.3) is 0 Å². The molecule has 0 spiro atoms. The summed E-state index contributed by atoms with van der Waals surface area (Å²) in [4.78, 5) is 0. The van der Waals surface area contributed by atoms with Crippen molar-refractivity contribution in [2.45, 2.75) is 39.3 Å². The Bertz CT molecular complexity index is 240. The highest BCUT2D eigenvalue weighted by atomic mass is 15.3. The zero-order valence-electron chi connectivity index (χ0n) is 7.99.